The van der Waals surface area contributed by atoms with Gasteiger partial charge in [0.25, 0.3) is 0 Å². The number of nitrogens with one attached hydrogen (secondary N) is 1. The van der Waals surface area contributed by atoms with Crippen molar-refractivity contribution in [3.63, 3.8) is 0 Å². The first kappa shape index (κ1) is 27.9. The topological polar surface area (TPSA) is 54.8 Å². The molecular formula is C42H33N3. The highest BCUT2D eigenvalue weighted by atomic mass is 15.0. The molecule has 0 fully saturated rings. The third-order valence-electron chi connectivity index (χ3n) is 8.45. The first-order valence-corrected chi connectivity index (χ1v) is 15.1. The van der Waals surface area contributed by atoms with Crippen molar-refractivity contribution in [1.29, 1.82) is 5.41 Å². The Labute approximate surface area is 263 Å². The number of para-hydroxylation sites is 1. The zero-order chi connectivity index (χ0) is 30.8. The lowest BCUT2D eigenvalue weighted by atomic mass is 9.95. The van der Waals surface area contributed by atoms with E-state index in [1.165, 1.54) is 66.3 Å². The fourth-order valence-corrected chi connectivity index (χ4v) is 6.24. The summed E-state index contributed by atoms with van der Waals surface area (Å²) in [5.74, 6) is 0. The third kappa shape index (κ3) is 5.26. The number of hydrogen-bond donors (Lipinski definition) is 2. The summed E-state index contributed by atoms with van der Waals surface area (Å²) in [6, 6.07) is 44.0. The summed E-state index contributed by atoms with van der Waals surface area (Å²) in [6.07, 6.45) is 11.3. The second kappa shape index (κ2) is 12.0. The van der Waals surface area contributed by atoms with E-state index in [9.17, 15) is 0 Å². The largest absolute Gasteiger partial charge is 0.398 e. The standard InChI is InChI=1S/C42H33N3/c1-29(11-10-26-43)40(44)19-8-5-12-30-20-23-38-39-25-22-33-28-32(36-18-9-14-31-13-6-7-17-35(31)36)21-24-37(33)42(39)45(41(38)27-30)34-15-3-2-4-16-34/h2-11,13-28,43H,1,12,44H2/b8-5-,11-10-,40-19-,43-26?. The maximum Gasteiger partial charge on any atom is 0.0619 e. The summed E-state index contributed by atoms with van der Waals surface area (Å²) < 4.78 is 2.41. The van der Waals surface area contributed by atoms with Crippen LogP contribution in [0.2, 0.25) is 0 Å². The van der Waals surface area contributed by atoms with E-state index in [0.29, 0.717) is 11.3 Å². The van der Waals surface area contributed by atoms with Gasteiger partial charge in [-0.1, -0.05) is 122 Å². The monoisotopic (exact) mass is 579 g/mol. The Morgan fingerprint density at radius 2 is 1.49 bits per heavy atom. The zero-order valence-corrected chi connectivity index (χ0v) is 24.9. The molecule has 0 atom stereocenters. The summed E-state index contributed by atoms with van der Waals surface area (Å²) in [4.78, 5) is 0. The van der Waals surface area contributed by atoms with Crippen LogP contribution in [0.5, 0.6) is 0 Å². The molecule has 0 bridgehead atoms. The van der Waals surface area contributed by atoms with Gasteiger partial charge < -0.3 is 15.7 Å². The van der Waals surface area contributed by atoms with Gasteiger partial charge in [0.15, 0.2) is 0 Å². The summed E-state index contributed by atoms with van der Waals surface area (Å²) >= 11 is 0. The van der Waals surface area contributed by atoms with E-state index in [4.69, 9.17) is 11.1 Å². The molecule has 7 rings (SSSR count). The van der Waals surface area contributed by atoms with Crippen LogP contribution in [0.4, 0.5) is 0 Å². The summed E-state index contributed by atoms with van der Waals surface area (Å²) in [7, 11) is 0. The Balaban J connectivity index is 1.34. The molecule has 0 radical (unpaired) electrons. The predicted molar refractivity (Wildman–Crippen MR) is 193 cm³/mol. The number of aromatic nitrogens is 1. The molecule has 0 amide bonds. The molecule has 0 saturated heterocycles. The Bertz CT molecular complexity index is 2330. The number of nitrogens with two attached hydrogens (primary N) is 1. The van der Waals surface area contributed by atoms with Gasteiger partial charge in [0, 0.05) is 33.8 Å². The number of hydrogen-bond acceptors (Lipinski definition) is 2. The van der Waals surface area contributed by atoms with Crippen LogP contribution in [0.3, 0.4) is 0 Å². The van der Waals surface area contributed by atoms with Gasteiger partial charge in [-0.2, -0.15) is 0 Å². The summed E-state index contributed by atoms with van der Waals surface area (Å²) in [6.45, 7) is 3.96. The first-order chi connectivity index (χ1) is 22.1. The quantitative estimate of drug-likeness (QED) is 0.137. The molecular weight excluding hydrogens is 546 g/mol. The summed E-state index contributed by atoms with van der Waals surface area (Å²) in [5.41, 5.74) is 14.6. The molecule has 0 spiro atoms. The van der Waals surface area contributed by atoms with Gasteiger partial charge in [0.1, 0.15) is 0 Å². The lowest BCUT2D eigenvalue weighted by Crippen LogP contribution is -1.97. The van der Waals surface area contributed by atoms with E-state index in [2.05, 4.69) is 139 Å². The second-order valence-electron chi connectivity index (χ2n) is 11.3. The van der Waals surface area contributed by atoms with Crippen LogP contribution in [0.15, 0.2) is 170 Å². The van der Waals surface area contributed by atoms with Gasteiger partial charge in [-0.25, -0.2) is 0 Å². The lowest BCUT2D eigenvalue weighted by Gasteiger charge is -2.12. The van der Waals surface area contributed by atoms with E-state index in [0.717, 1.165) is 12.1 Å². The second-order valence-corrected chi connectivity index (χ2v) is 11.3. The van der Waals surface area contributed by atoms with Crippen molar-refractivity contribution < 1.29 is 0 Å². The molecule has 0 aliphatic rings. The van der Waals surface area contributed by atoms with Gasteiger partial charge in [-0.15, -0.1) is 0 Å². The van der Waals surface area contributed by atoms with Crippen LogP contribution >= 0.6 is 0 Å². The van der Waals surface area contributed by atoms with Crippen molar-refractivity contribution in [1.82, 2.24) is 4.57 Å². The zero-order valence-electron chi connectivity index (χ0n) is 24.9. The van der Waals surface area contributed by atoms with Crippen LogP contribution in [-0.4, -0.2) is 10.8 Å². The molecule has 0 saturated carbocycles. The molecule has 1 aromatic heterocycles. The molecule has 0 aliphatic heterocycles. The van der Waals surface area contributed by atoms with E-state index in [1.807, 2.05) is 12.2 Å². The van der Waals surface area contributed by atoms with E-state index < -0.39 is 0 Å². The van der Waals surface area contributed by atoms with Crippen molar-refractivity contribution in [2.45, 2.75) is 6.42 Å². The highest BCUT2D eigenvalue weighted by Gasteiger charge is 2.16. The van der Waals surface area contributed by atoms with Gasteiger partial charge in [0.2, 0.25) is 0 Å². The number of nitrogens with zero attached hydrogens (tertiary/aromatic N) is 1. The van der Waals surface area contributed by atoms with Crippen molar-refractivity contribution in [3.8, 4) is 16.8 Å². The highest BCUT2D eigenvalue weighted by Crippen LogP contribution is 2.39. The van der Waals surface area contributed by atoms with Crippen molar-refractivity contribution in [2.24, 2.45) is 5.73 Å². The maximum absolute atomic E-state index is 7.14. The fraction of sp³-hybridized carbons (Fsp3) is 0.0238. The van der Waals surface area contributed by atoms with E-state index >= 15 is 0 Å². The van der Waals surface area contributed by atoms with Crippen LogP contribution in [-0.2, 0) is 6.42 Å². The van der Waals surface area contributed by atoms with E-state index in [1.54, 1.807) is 12.2 Å². The van der Waals surface area contributed by atoms with Crippen molar-refractivity contribution in [2.75, 3.05) is 0 Å². The number of allylic oxidation sites excluding steroid dienone is 5. The predicted octanol–water partition coefficient (Wildman–Crippen LogP) is 10.5. The molecule has 0 unspecified atom stereocenters. The minimum Gasteiger partial charge on any atom is -0.398 e. The Morgan fingerprint density at radius 1 is 0.711 bits per heavy atom. The van der Waals surface area contributed by atoms with E-state index in [-0.39, 0.29) is 0 Å². The SMILES string of the molecule is C=C(/C=C\C=N)/C(N)=C/C=C\Cc1ccc2c3ccc4cc(-c5cccc6ccccc56)ccc4c3n(-c3ccccc3)c2c1. The Hall–Kier alpha value is -5.93. The normalized spacial score (nSPS) is 12.3. The van der Waals surface area contributed by atoms with Gasteiger partial charge in [-0.3, -0.25) is 0 Å². The van der Waals surface area contributed by atoms with Crippen LogP contribution in [0.25, 0.3) is 60.2 Å². The average Bonchev–Trinajstić information content (AvgIpc) is 3.42. The van der Waals surface area contributed by atoms with Crippen LogP contribution in [0, 0.1) is 5.41 Å². The van der Waals surface area contributed by atoms with Gasteiger partial charge >= 0.3 is 0 Å². The van der Waals surface area contributed by atoms with Gasteiger partial charge in [-0.05, 0) is 81.3 Å². The smallest absolute Gasteiger partial charge is 0.0619 e. The number of benzene rings is 6. The van der Waals surface area contributed by atoms with Crippen molar-refractivity contribution in [3.05, 3.63) is 175 Å². The molecule has 3 N–H and O–H groups in total. The van der Waals surface area contributed by atoms with Crippen LogP contribution in [0.1, 0.15) is 5.56 Å². The fourth-order valence-electron chi connectivity index (χ4n) is 6.24. The lowest BCUT2D eigenvalue weighted by molar-refractivity contribution is 1.18. The molecule has 7 aromatic rings. The minimum atomic E-state index is 0.583. The average molecular weight is 580 g/mol. The van der Waals surface area contributed by atoms with Crippen LogP contribution < -0.4 is 5.73 Å². The first-order valence-electron chi connectivity index (χ1n) is 15.1. The highest BCUT2D eigenvalue weighted by molar-refractivity contribution is 6.19. The van der Waals surface area contributed by atoms with Crippen molar-refractivity contribution >= 4 is 49.6 Å². The number of fused-ring (bicyclic) bond motifs is 6. The Morgan fingerprint density at radius 3 is 2.36 bits per heavy atom. The molecule has 3 heteroatoms. The molecule has 216 valence electrons. The molecule has 45 heavy (non-hydrogen) atoms. The minimum absolute atomic E-state index is 0.583. The maximum atomic E-state index is 7.14. The molecule has 6 aromatic carbocycles. The molecule has 1 heterocycles. The van der Waals surface area contributed by atoms with Gasteiger partial charge in [0.05, 0.1) is 11.0 Å². The summed E-state index contributed by atoms with van der Waals surface area (Å²) in [5, 5.41) is 14.6. The Kier molecular flexibility index (Phi) is 7.42. The molecule has 0 aliphatic carbocycles. The third-order valence-corrected chi connectivity index (χ3v) is 8.45. The molecule has 3 nitrogen and oxygen atoms in total. The number of rotatable bonds is 8.